The maximum atomic E-state index is 13.6. The molecule has 26 nitrogen and oxygen atoms in total. The van der Waals surface area contributed by atoms with Crippen LogP contribution in [0.2, 0.25) is 5.02 Å². The smallest absolute Gasteiger partial charge is 0.432 e. The quantitative estimate of drug-likeness (QED) is 0.0174. The molecule has 0 unspecified atom stereocenters. The van der Waals surface area contributed by atoms with Crippen LogP contribution in [0, 0.1) is 11.8 Å². The number of carbonyl (C=O) groups excluding carboxylic acids is 10. The third-order valence-electron chi connectivity index (χ3n) is 13.1. The van der Waals surface area contributed by atoms with Crippen LogP contribution in [0.15, 0.2) is 54.6 Å². The molecule has 2 aliphatic heterocycles. The van der Waals surface area contributed by atoms with Crippen LogP contribution in [0.1, 0.15) is 130 Å². The Bertz CT molecular complexity index is 2470. The number of hydrogen-bond acceptors (Lipinski definition) is 14. The van der Waals surface area contributed by atoms with Crippen LogP contribution >= 0.6 is 11.6 Å². The molecule has 466 valence electrons. The molecule has 2 saturated heterocycles. The monoisotopic (exact) mass is 1200 g/mol. The number of hydroxylamine groups is 2. The first-order chi connectivity index (χ1) is 39.9. The fourth-order valence-electron chi connectivity index (χ4n) is 9.03. The second-order valence-corrected chi connectivity index (χ2v) is 23.0. The first-order valence-electron chi connectivity index (χ1n) is 28.7. The van der Waals surface area contributed by atoms with Gasteiger partial charge in [-0.2, -0.15) is 0 Å². The van der Waals surface area contributed by atoms with Crippen molar-refractivity contribution in [1.82, 2.24) is 63.1 Å². The number of likely N-dealkylation sites (tertiary alicyclic amines) is 1. The zero-order chi connectivity index (χ0) is 61.6. The average molecular weight is 1200 g/mol. The molecular formula is C57H87ClN12O14. The highest BCUT2D eigenvalue weighted by Gasteiger charge is 2.34. The zero-order valence-electron chi connectivity index (χ0n) is 49.4. The minimum atomic E-state index is -1.01. The predicted molar refractivity (Wildman–Crippen MR) is 311 cm³/mol. The third kappa shape index (κ3) is 28.0. The van der Waals surface area contributed by atoms with E-state index in [-0.39, 0.29) is 90.0 Å². The summed E-state index contributed by atoms with van der Waals surface area (Å²) in [6, 6.07) is 11.0. The van der Waals surface area contributed by atoms with Crippen LogP contribution in [0.3, 0.4) is 0 Å². The van der Waals surface area contributed by atoms with Crippen molar-refractivity contribution in [2.24, 2.45) is 11.8 Å². The first kappa shape index (κ1) is 68.7. The Hall–Kier alpha value is -7.77. The minimum absolute atomic E-state index is 0.00603. The van der Waals surface area contributed by atoms with Crippen molar-refractivity contribution in [3.8, 4) is 0 Å². The summed E-state index contributed by atoms with van der Waals surface area (Å²) in [5.74, 6) is -1.52. The number of nitrogens with zero attached hydrogens (tertiary/aromatic N) is 2. The maximum absolute atomic E-state index is 13.6. The molecule has 13 amide bonds. The molecular weight excluding hydrogens is 1110 g/mol. The number of nitrogens with one attached hydrogen (secondary N) is 10. The molecule has 0 aliphatic carbocycles. The number of amides is 13. The van der Waals surface area contributed by atoms with Crippen molar-refractivity contribution in [3.05, 3.63) is 70.7 Å². The Balaban J connectivity index is 1.35. The molecule has 2 aliphatic rings. The highest BCUT2D eigenvalue weighted by atomic mass is 35.5. The molecule has 2 aromatic carbocycles. The van der Waals surface area contributed by atoms with Gasteiger partial charge in [0.25, 0.3) is 11.8 Å². The van der Waals surface area contributed by atoms with Gasteiger partial charge in [0.05, 0.1) is 6.04 Å². The van der Waals surface area contributed by atoms with E-state index in [1.165, 1.54) is 0 Å². The van der Waals surface area contributed by atoms with Crippen molar-refractivity contribution in [1.29, 1.82) is 0 Å². The van der Waals surface area contributed by atoms with Gasteiger partial charge in [-0.05, 0) is 95.6 Å². The molecule has 0 radical (unpaired) electrons. The normalized spacial score (nSPS) is 15.4. The van der Waals surface area contributed by atoms with Crippen LogP contribution in [-0.2, 0) is 46.6 Å². The molecule has 0 bridgehead atoms. The Kier molecular flexibility index (Phi) is 29.5. The summed E-state index contributed by atoms with van der Waals surface area (Å²) in [5.41, 5.74) is 0.722. The van der Waals surface area contributed by atoms with Crippen molar-refractivity contribution < 1.29 is 67.0 Å². The van der Waals surface area contributed by atoms with Crippen molar-refractivity contribution in [2.75, 3.05) is 45.8 Å². The van der Waals surface area contributed by atoms with Crippen LogP contribution in [-0.4, -0.2) is 152 Å². The number of imide groups is 1. The number of carbonyl (C=O) groups is 10. The number of ether oxygens (including phenoxy) is 3. The summed E-state index contributed by atoms with van der Waals surface area (Å²) in [7, 11) is 0. The second kappa shape index (κ2) is 36.1. The van der Waals surface area contributed by atoms with E-state index in [2.05, 4.69) is 53.2 Å². The van der Waals surface area contributed by atoms with E-state index in [0.29, 0.717) is 67.1 Å². The van der Waals surface area contributed by atoms with Gasteiger partial charge < -0.3 is 77.1 Å². The third-order valence-corrected chi connectivity index (χ3v) is 13.4. The zero-order valence-corrected chi connectivity index (χ0v) is 50.1. The predicted octanol–water partition coefficient (Wildman–Crippen LogP) is 6.21. The maximum Gasteiger partial charge on any atom is 0.432 e. The van der Waals surface area contributed by atoms with E-state index in [4.69, 9.17) is 30.6 Å². The Labute approximate surface area is 496 Å². The lowest BCUT2D eigenvalue weighted by Crippen LogP contribution is -2.55. The number of halogens is 1. The molecule has 10 N–H and O–H groups in total. The molecule has 0 aromatic heterocycles. The minimum Gasteiger partial charge on any atom is -0.461 e. The summed E-state index contributed by atoms with van der Waals surface area (Å²) >= 11 is 6.19. The lowest BCUT2D eigenvalue weighted by molar-refractivity contribution is -0.171. The van der Waals surface area contributed by atoms with Crippen molar-refractivity contribution in [3.63, 3.8) is 0 Å². The molecule has 0 saturated carbocycles. The number of benzene rings is 2. The van der Waals surface area contributed by atoms with Gasteiger partial charge in [0.15, 0.2) is 0 Å². The van der Waals surface area contributed by atoms with Gasteiger partial charge in [-0.25, -0.2) is 33.6 Å². The van der Waals surface area contributed by atoms with Crippen LogP contribution in [0.25, 0.3) is 0 Å². The Morgan fingerprint density at radius 3 is 1.79 bits per heavy atom. The number of urea groups is 4. The number of unbranched alkanes of at least 4 members (excludes halogenated alkanes) is 1. The van der Waals surface area contributed by atoms with E-state index < -0.39 is 96.0 Å². The standard InChI is InChI=1S/C57H87ClN12O14/c1-37(2)28-43(67-52(76)60-30-42(22-25-49(73)81-35-39-16-9-8-10-17-39)66-51(75)62-33-44(29-38(3)4)68-56(80)83-57(5,6)7)32-61-50(74)65-41(19-13-14-26-59-54(78)82-36-40-18-11-12-21-46(40)58)31-63-53(77)69-27-15-20-45(69)34-64-55(79)84-70-47(71)23-24-48(70)72/h8-12,16-18,21,37-38,41-45H,13-15,19-20,22-36H2,1-7H3,(H,59,78)(H,63,77)(H,64,79)(H,68,80)(H2,60,67,76)(H2,61,65,74)(H2,62,66,75)/t41-,42-,43-,44-,45-/m0/s1. The van der Waals surface area contributed by atoms with E-state index >= 15 is 0 Å². The summed E-state index contributed by atoms with van der Waals surface area (Å²) in [5, 5.41) is 28.9. The van der Waals surface area contributed by atoms with Crippen LogP contribution < -0.4 is 53.2 Å². The molecule has 4 rings (SSSR count). The number of rotatable bonds is 31. The van der Waals surface area contributed by atoms with Crippen molar-refractivity contribution >= 4 is 71.8 Å². The first-order valence-corrected chi connectivity index (χ1v) is 29.1. The van der Waals surface area contributed by atoms with Gasteiger partial charge in [0.1, 0.15) is 18.8 Å². The summed E-state index contributed by atoms with van der Waals surface area (Å²) in [6.07, 6.45) is 1.15. The molecule has 5 atom stereocenters. The average Bonchev–Trinajstić information content (AvgIpc) is 4.29. The largest absolute Gasteiger partial charge is 0.461 e. The van der Waals surface area contributed by atoms with Gasteiger partial charge >= 0.3 is 48.4 Å². The lowest BCUT2D eigenvalue weighted by Gasteiger charge is -2.27. The van der Waals surface area contributed by atoms with Gasteiger partial charge in [-0.15, -0.1) is 5.06 Å². The number of esters is 1. The fraction of sp³-hybridized carbons (Fsp3) is 0.614. The number of alkyl carbamates (subject to hydrolysis) is 2. The van der Waals surface area contributed by atoms with Crippen LogP contribution in [0.5, 0.6) is 0 Å². The number of hydrogen-bond donors (Lipinski definition) is 10. The summed E-state index contributed by atoms with van der Waals surface area (Å²) in [6.45, 7) is 13.7. The summed E-state index contributed by atoms with van der Waals surface area (Å²) < 4.78 is 16.2. The van der Waals surface area contributed by atoms with E-state index in [0.717, 1.165) is 5.56 Å². The van der Waals surface area contributed by atoms with Crippen molar-refractivity contribution in [2.45, 2.75) is 168 Å². The molecule has 2 heterocycles. The second-order valence-electron chi connectivity index (χ2n) is 22.5. The SMILES string of the molecule is CC(C)C[C@@H](CNC(=O)N[C@@H](CCCCNC(=O)OCc1ccccc1Cl)CNC(=O)N1CCC[C@H]1CNC(=O)ON1C(=O)CCC1=O)NC(=O)NC[C@H](CCC(=O)OCc1ccccc1)NC(=O)NC[C@H](CC(C)C)NC(=O)OC(C)(C)C. The van der Waals surface area contributed by atoms with Gasteiger partial charge in [0.2, 0.25) is 0 Å². The van der Waals surface area contributed by atoms with E-state index in [1.54, 1.807) is 49.9 Å². The van der Waals surface area contributed by atoms with E-state index in [9.17, 15) is 47.9 Å². The molecule has 84 heavy (non-hydrogen) atoms. The molecule has 0 spiro atoms. The van der Waals surface area contributed by atoms with Crippen LogP contribution in [0.4, 0.5) is 33.6 Å². The fourth-order valence-corrected chi connectivity index (χ4v) is 9.22. The summed E-state index contributed by atoms with van der Waals surface area (Å²) in [4.78, 5) is 135. The van der Waals surface area contributed by atoms with Gasteiger partial charge in [-0.1, -0.05) is 87.8 Å². The highest BCUT2D eigenvalue weighted by molar-refractivity contribution is 6.31. The van der Waals surface area contributed by atoms with Gasteiger partial charge in [0, 0.05) is 99.8 Å². The topological polar surface area (TPSA) is 334 Å². The Morgan fingerprint density at radius 2 is 1.18 bits per heavy atom. The van der Waals surface area contributed by atoms with Gasteiger partial charge in [-0.3, -0.25) is 14.4 Å². The lowest BCUT2D eigenvalue weighted by atomic mass is 10.0. The molecule has 2 fully saturated rings. The highest BCUT2D eigenvalue weighted by Crippen LogP contribution is 2.19. The molecule has 27 heteroatoms. The van der Waals surface area contributed by atoms with E-state index in [1.807, 2.05) is 58.0 Å². The molecule has 2 aromatic rings. The Morgan fingerprint density at radius 1 is 0.619 bits per heavy atom.